The van der Waals surface area contributed by atoms with Gasteiger partial charge in [-0.05, 0) is 78.3 Å². The van der Waals surface area contributed by atoms with Crippen LogP contribution in [0.3, 0.4) is 0 Å². The second kappa shape index (κ2) is 9.07. The van der Waals surface area contributed by atoms with E-state index in [1.54, 1.807) is 38.1 Å². The van der Waals surface area contributed by atoms with Crippen molar-refractivity contribution in [1.29, 1.82) is 0 Å². The second-order valence-electron chi connectivity index (χ2n) is 9.90. The molecule has 190 valence electrons. The molecule has 7 nitrogen and oxygen atoms in total. The van der Waals surface area contributed by atoms with Crippen LogP contribution in [0.15, 0.2) is 48.5 Å². The van der Waals surface area contributed by atoms with Crippen LogP contribution in [0, 0.1) is 13.8 Å². The fourth-order valence-electron chi connectivity index (χ4n) is 4.96. The van der Waals surface area contributed by atoms with Crippen LogP contribution in [-0.4, -0.2) is 11.1 Å². The molecule has 0 spiro atoms. The van der Waals surface area contributed by atoms with Crippen LogP contribution in [0.2, 0.25) is 0 Å². The average Bonchev–Trinajstić information content (AvgIpc) is 3.08. The van der Waals surface area contributed by atoms with Gasteiger partial charge in [-0.25, -0.2) is 4.79 Å². The molecule has 0 aromatic heterocycles. The molecule has 3 aromatic rings. The van der Waals surface area contributed by atoms with E-state index in [4.69, 9.17) is 9.26 Å². The number of phosphoric acid groups is 1. The number of cyclic esters (lactones) is 1. The van der Waals surface area contributed by atoms with Gasteiger partial charge in [0.15, 0.2) is 5.60 Å². The van der Waals surface area contributed by atoms with Crippen molar-refractivity contribution in [2.45, 2.75) is 59.0 Å². The smallest absolute Gasteiger partial charge is 0.340 e. The van der Waals surface area contributed by atoms with E-state index in [1.807, 2.05) is 45.9 Å². The van der Waals surface area contributed by atoms with E-state index in [0.717, 1.165) is 5.56 Å². The van der Waals surface area contributed by atoms with Crippen LogP contribution in [0.1, 0.15) is 88.8 Å². The lowest BCUT2D eigenvalue weighted by atomic mass is 9.72. The van der Waals surface area contributed by atoms with Crippen LogP contribution < -0.4 is 14.3 Å². The summed E-state index contributed by atoms with van der Waals surface area (Å²) in [5.74, 6) is -0.574. The highest BCUT2D eigenvalue weighted by Gasteiger charge is 2.51. The molecule has 4 rings (SSSR count). The van der Waals surface area contributed by atoms with Crippen molar-refractivity contribution in [3.05, 3.63) is 93.0 Å². The van der Waals surface area contributed by atoms with Gasteiger partial charge in [-0.2, -0.15) is 0 Å². The summed E-state index contributed by atoms with van der Waals surface area (Å²) in [6.45, 7) is 11.3. The summed E-state index contributed by atoms with van der Waals surface area (Å²) in [4.78, 5) is 36.1. The Bertz CT molecular complexity index is 1400. The Hall–Kier alpha value is -3.12. The van der Waals surface area contributed by atoms with Gasteiger partial charge in [-0.15, -0.1) is 0 Å². The molecule has 0 saturated carbocycles. The first-order chi connectivity index (χ1) is 16.8. The number of phenols is 1. The Kier molecular flexibility index (Phi) is 6.54. The molecular formula is C28H29O7P-2. The molecule has 0 bridgehead atoms. The maximum absolute atomic E-state index is 13.3. The van der Waals surface area contributed by atoms with Crippen LogP contribution in [0.5, 0.6) is 11.5 Å². The van der Waals surface area contributed by atoms with E-state index in [-0.39, 0.29) is 23.3 Å². The number of phenolic OH excluding ortho intramolecular Hbond substituents is 1. The highest BCUT2D eigenvalue weighted by atomic mass is 31.2. The molecule has 0 unspecified atom stereocenters. The lowest BCUT2D eigenvalue weighted by Gasteiger charge is -2.37. The number of carbonyl (C=O) groups excluding carboxylic acids is 1. The van der Waals surface area contributed by atoms with Crippen molar-refractivity contribution in [3.63, 3.8) is 0 Å². The zero-order chi connectivity index (χ0) is 26.6. The fourth-order valence-corrected chi connectivity index (χ4v) is 5.40. The number of aromatic hydroxyl groups is 1. The summed E-state index contributed by atoms with van der Waals surface area (Å²) in [5, 5.41) is 10.5. The maximum Gasteiger partial charge on any atom is 0.340 e. The van der Waals surface area contributed by atoms with Crippen LogP contribution >= 0.6 is 7.82 Å². The van der Waals surface area contributed by atoms with Crippen LogP contribution in [0.25, 0.3) is 0 Å². The normalized spacial score (nSPS) is 17.4. The number of carbonyl (C=O) groups is 1. The molecule has 0 radical (unpaired) electrons. The SMILES string of the molecule is Cc1cc([C@@]2(c3cc(C)c(OP(=O)([O-])[O-])cc3C(C)C)OC(=O)c3ccccc32)c(C(C)C)cc1O. The van der Waals surface area contributed by atoms with Crippen molar-refractivity contribution in [2.24, 2.45) is 0 Å². The largest absolute Gasteiger partial charge is 0.780 e. The van der Waals surface area contributed by atoms with Gasteiger partial charge in [0.2, 0.25) is 0 Å². The summed E-state index contributed by atoms with van der Waals surface area (Å²) in [6.07, 6.45) is 0. The van der Waals surface area contributed by atoms with E-state index in [2.05, 4.69) is 0 Å². The molecule has 1 atom stereocenters. The van der Waals surface area contributed by atoms with Gasteiger partial charge in [-0.1, -0.05) is 45.9 Å². The lowest BCUT2D eigenvalue weighted by Crippen LogP contribution is -2.33. The number of hydrogen-bond acceptors (Lipinski definition) is 7. The standard InChI is InChI=1S/C28H31O7P/c1-15(2)20-13-25(29)17(5)11-23(20)28(22-10-8-7-9-19(22)27(30)34-28)24-12-18(6)26(35-36(31,32)33)14-21(24)16(3)4/h7-16,29H,1-6H3,(H2,31,32,33)/p-2/t28-/m0/s1. The topological polar surface area (TPSA) is 119 Å². The number of rotatable bonds is 6. The van der Waals surface area contributed by atoms with E-state index in [0.29, 0.717) is 38.9 Å². The lowest BCUT2D eigenvalue weighted by molar-refractivity contribution is -0.333. The molecule has 1 heterocycles. The van der Waals surface area contributed by atoms with Gasteiger partial charge < -0.3 is 28.7 Å². The molecule has 1 aliphatic heterocycles. The molecule has 1 aliphatic rings. The minimum absolute atomic E-state index is 0.0205. The molecule has 8 heteroatoms. The first-order valence-electron chi connectivity index (χ1n) is 11.8. The first-order valence-corrected chi connectivity index (χ1v) is 13.3. The summed E-state index contributed by atoms with van der Waals surface area (Å²) in [5.41, 5.74) is 3.54. The Morgan fingerprint density at radius 1 is 0.889 bits per heavy atom. The van der Waals surface area contributed by atoms with E-state index >= 15 is 0 Å². The van der Waals surface area contributed by atoms with Crippen molar-refractivity contribution in [3.8, 4) is 11.5 Å². The molecule has 1 N–H and O–H groups in total. The van der Waals surface area contributed by atoms with Crippen molar-refractivity contribution >= 4 is 13.8 Å². The van der Waals surface area contributed by atoms with Crippen molar-refractivity contribution in [1.82, 2.24) is 0 Å². The monoisotopic (exact) mass is 508 g/mol. The quantitative estimate of drug-likeness (QED) is 0.371. The number of hydrogen-bond donors (Lipinski definition) is 1. The van der Waals surface area contributed by atoms with Crippen molar-refractivity contribution in [2.75, 3.05) is 0 Å². The molecule has 36 heavy (non-hydrogen) atoms. The third-order valence-corrected chi connectivity index (χ3v) is 7.12. The Labute approximate surface area is 211 Å². The number of benzene rings is 3. The zero-order valence-electron chi connectivity index (χ0n) is 21.1. The number of ether oxygens (including phenoxy) is 1. The first kappa shape index (κ1) is 26.0. The Balaban J connectivity index is 2.16. The maximum atomic E-state index is 13.3. The van der Waals surface area contributed by atoms with E-state index in [9.17, 15) is 24.3 Å². The molecular weight excluding hydrogens is 479 g/mol. The molecule has 3 aromatic carbocycles. The third-order valence-electron chi connectivity index (χ3n) is 6.70. The number of aryl methyl sites for hydroxylation is 2. The van der Waals surface area contributed by atoms with Gasteiger partial charge >= 0.3 is 5.97 Å². The number of esters is 1. The molecule has 0 saturated heterocycles. The predicted octanol–water partition coefficient (Wildman–Crippen LogP) is 4.93. The van der Waals surface area contributed by atoms with Gasteiger partial charge in [0, 0.05) is 16.7 Å². The van der Waals surface area contributed by atoms with Crippen molar-refractivity contribution < 1.29 is 33.5 Å². The summed E-state index contributed by atoms with van der Waals surface area (Å²) in [7, 11) is -5.29. The molecule has 0 amide bonds. The Morgan fingerprint density at radius 2 is 1.44 bits per heavy atom. The van der Waals surface area contributed by atoms with E-state index < -0.39 is 19.4 Å². The summed E-state index contributed by atoms with van der Waals surface area (Å²) in [6, 6.07) is 14.0. The minimum atomic E-state index is -5.29. The number of fused-ring (bicyclic) bond motifs is 1. The fraction of sp³-hybridized carbons (Fsp3) is 0.321. The Morgan fingerprint density at radius 3 is 2.03 bits per heavy atom. The molecule has 0 aliphatic carbocycles. The highest BCUT2D eigenvalue weighted by molar-refractivity contribution is 7.43. The van der Waals surface area contributed by atoms with Gasteiger partial charge in [0.1, 0.15) is 19.3 Å². The molecule has 0 fully saturated rings. The third kappa shape index (κ3) is 4.32. The highest BCUT2D eigenvalue weighted by Crippen LogP contribution is 2.53. The van der Waals surface area contributed by atoms with E-state index in [1.165, 1.54) is 6.07 Å². The summed E-state index contributed by atoms with van der Waals surface area (Å²) >= 11 is 0. The number of phosphoric ester groups is 1. The van der Waals surface area contributed by atoms with Gasteiger partial charge in [0.25, 0.3) is 0 Å². The van der Waals surface area contributed by atoms with Gasteiger partial charge in [-0.3, -0.25) is 0 Å². The average molecular weight is 509 g/mol. The summed E-state index contributed by atoms with van der Waals surface area (Å²) < 4.78 is 22.5. The van der Waals surface area contributed by atoms with Gasteiger partial charge in [0.05, 0.1) is 5.56 Å². The predicted molar refractivity (Wildman–Crippen MR) is 132 cm³/mol. The zero-order valence-corrected chi connectivity index (χ0v) is 22.0. The van der Waals surface area contributed by atoms with Crippen LogP contribution in [-0.2, 0) is 14.9 Å². The van der Waals surface area contributed by atoms with Crippen LogP contribution in [0.4, 0.5) is 0 Å². The second-order valence-corrected chi connectivity index (χ2v) is 11.0. The minimum Gasteiger partial charge on any atom is -0.780 e.